The lowest BCUT2D eigenvalue weighted by atomic mass is 9.85. The van der Waals surface area contributed by atoms with Crippen LogP contribution in [-0.2, 0) is 0 Å². The summed E-state index contributed by atoms with van der Waals surface area (Å²) in [6.45, 7) is 12.9. The first-order chi connectivity index (χ1) is 6.69. The first-order valence-corrected chi connectivity index (χ1v) is 9.41. The molecule has 0 aliphatic heterocycles. The largest absolute Gasteiger partial charge is 0.392 e. The maximum absolute atomic E-state index is 10.0. The first kappa shape index (κ1) is 14.7. The number of unbranched alkanes of at least 4 members (excludes halogenated alkanes) is 1. The fraction of sp³-hybridized carbons (Fsp3) is 0.846. The van der Waals surface area contributed by atoms with Gasteiger partial charge in [-0.2, -0.15) is 0 Å². The molecule has 0 fully saturated rings. The highest BCUT2D eigenvalue weighted by Crippen LogP contribution is 2.23. The van der Waals surface area contributed by atoms with Gasteiger partial charge in [0.25, 0.3) is 0 Å². The van der Waals surface area contributed by atoms with E-state index in [1.807, 2.05) is 13.8 Å². The van der Waals surface area contributed by atoms with Crippen molar-refractivity contribution in [1.82, 2.24) is 0 Å². The molecule has 15 heavy (non-hydrogen) atoms. The topological polar surface area (TPSA) is 20.2 Å². The van der Waals surface area contributed by atoms with Gasteiger partial charge in [0.1, 0.15) is 8.07 Å². The molecule has 0 aromatic carbocycles. The summed E-state index contributed by atoms with van der Waals surface area (Å²) in [6, 6.07) is 0. The van der Waals surface area contributed by atoms with Crippen LogP contribution in [0.25, 0.3) is 0 Å². The van der Waals surface area contributed by atoms with Gasteiger partial charge in [-0.25, -0.2) is 0 Å². The zero-order valence-corrected chi connectivity index (χ0v) is 12.1. The van der Waals surface area contributed by atoms with Crippen molar-refractivity contribution < 1.29 is 5.11 Å². The fourth-order valence-electron chi connectivity index (χ4n) is 1.19. The van der Waals surface area contributed by atoms with Crippen LogP contribution in [0.4, 0.5) is 0 Å². The van der Waals surface area contributed by atoms with Crippen molar-refractivity contribution in [3.63, 3.8) is 0 Å². The molecule has 88 valence electrons. The van der Waals surface area contributed by atoms with Gasteiger partial charge in [-0.15, -0.1) is 11.5 Å². The molecule has 1 N–H and O–H groups in total. The van der Waals surface area contributed by atoms with Crippen molar-refractivity contribution in [2.45, 2.75) is 65.8 Å². The molecule has 0 saturated carbocycles. The maximum Gasteiger partial charge on any atom is 0.129 e. The number of hydrogen-bond acceptors (Lipinski definition) is 1. The quantitative estimate of drug-likeness (QED) is 0.575. The molecule has 0 spiro atoms. The van der Waals surface area contributed by atoms with Crippen LogP contribution >= 0.6 is 0 Å². The number of aliphatic hydroxyl groups is 1. The van der Waals surface area contributed by atoms with Crippen LogP contribution in [-0.4, -0.2) is 19.3 Å². The Morgan fingerprint density at radius 3 is 2.20 bits per heavy atom. The van der Waals surface area contributed by atoms with Crippen molar-refractivity contribution in [2.24, 2.45) is 5.41 Å². The lowest BCUT2D eigenvalue weighted by molar-refractivity contribution is 0.0775. The third kappa shape index (κ3) is 6.76. The van der Waals surface area contributed by atoms with Gasteiger partial charge < -0.3 is 5.11 Å². The summed E-state index contributed by atoms with van der Waals surface area (Å²) in [4.78, 5) is 0. The lowest BCUT2D eigenvalue weighted by Gasteiger charge is -2.25. The molecular weight excluding hydrogens is 200 g/mol. The van der Waals surface area contributed by atoms with Gasteiger partial charge in [0.15, 0.2) is 0 Å². The molecule has 0 radical (unpaired) electrons. The van der Waals surface area contributed by atoms with Crippen molar-refractivity contribution in [2.75, 3.05) is 0 Å². The van der Waals surface area contributed by atoms with E-state index in [4.69, 9.17) is 0 Å². The number of rotatable bonds is 4. The van der Waals surface area contributed by atoms with E-state index < -0.39 is 8.07 Å². The highest BCUT2D eigenvalue weighted by Gasteiger charge is 2.25. The molecule has 1 atom stereocenters. The van der Waals surface area contributed by atoms with E-state index in [0.29, 0.717) is 0 Å². The van der Waals surface area contributed by atoms with Crippen molar-refractivity contribution in [3.05, 3.63) is 0 Å². The Bertz CT molecular complexity index is 239. The predicted molar refractivity (Wildman–Crippen MR) is 70.4 cm³/mol. The summed E-state index contributed by atoms with van der Waals surface area (Å²) in [7, 11) is -1.32. The minimum Gasteiger partial charge on any atom is -0.392 e. The van der Waals surface area contributed by atoms with Gasteiger partial charge in [-0.3, -0.25) is 0 Å². The van der Waals surface area contributed by atoms with Gasteiger partial charge in [0, 0.05) is 0 Å². The van der Waals surface area contributed by atoms with Crippen molar-refractivity contribution >= 4 is 8.07 Å². The number of aliphatic hydroxyl groups excluding tert-OH is 1. The average molecular weight is 226 g/mol. The second-order valence-corrected chi connectivity index (χ2v) is 10.6. The fourth-order valence-corrected chi connectivity index (χ4v) is 1.89. The van der Waals surface area contributed by atoms with Crippen LogP contribution in [0.5, 0.6) is 0 Å². The van der Waals surface area contributed by atoms with Gasteiger partial charge in [0.05, 0.1) is 11.5 Å². The molecule has 0 heterocycles. The zero-order chi connectivity index (χ0) is 12.1. The third-order valence-electron chi connectivity index (χ3n) is 2.42. The monoisotopic (exact) mass is 226 g/mol. The average Bonchev–Trinajstić information content (AvgIpc) is 2.10. The Hall–Kier alpha value is -0.263. The van der Waals surface area contributed by atoms with E-state index in [1.54, 1.807) is 0 Å². The standard InChI is InChI=1S/C13H26OSi/c1-7-8-9-12(14)13(2,3)10-11-15(4,5)6/h12,14H,7-9H2,1-6H3/t12-/m1/s1. The maximum atomic E-state index is 10.0. The van der Waals surface area contributed by atoms with E-state index in [2.05, 4.69) is 38.0 Å². The summed E-state index contributed by atoms with van der Waals surface area (Å²) in [6.07, 6.45) is 2.79. The Labute approximate surface area is 96.3 Å². The molecule has 0 aromatic rings. The molecule has 0 aliphatic carbocycles. The van der Waals surface area contributed by atoms with Crippen LogP contribution < -0.4 is 0 Å². The van der Waals surface area contributed by atoms with Crippen LogP contribution in [0.3, 0.4) is 0 Å². The normalized spacial score (nSPS) is 14.3. The van der Waals surface area contributed by atoms with Gasteiger partial charge in [-0.05, 0) is 20.3 Å². The Morgan fingerprint density at radius 2 is 1.80 bits per heavy atom. The molecular formula is C13H26OSi. The van der Waals surface area contributed by atoms with Crippen molar-refractivity contribution in [1.29, 1.82) is 0 Å². The molecule has 0 aliphatic rings. The SMILES string of the molecule is CCCC[C@@H](O)C(C)(C)C#C[Si](C)(C)C. The smallest absolute Gasteiger partial charge is 0.129 e. The molecule has 0 amide bonds. The number of hydrogen-bond donors (Lipinski definition) is 1. The van der Waals surface area contributed by atoms with E-state index >= 15 is 0 Å². The summed E-state index contributed by atoms with van der Waals surface area (Å²) in [5, 5.41) is 10.0. The lowest BCUT2D eigenvalue weighted by Crippen LogP contribution is -2.29. The van der Waals surface area contributed by atoms with E-state index in [0.717, 1.165) is 19.3 Å². The van der Waals surface area contributed by atoms with E-state index in [1.165, 1.54) is 0 Å². The molecule has 0 aromatic heterocycles. The Kier molecular flexibility index (Phi) is 5.62. The molecule has 2 heteroatoms. The van der Waals surface area contributed by atoms with Crippen LogP contribution in [0.2, 0.25) is 19.6 Å². The highest BCUT2D eigenvalue weighted by atomic mass is 28.3. The zero-order valence-electron chi connectivity index (χ0n) is 11.1. The Balaban J connectivity index is 4.44. The minimum atomic E-state index is -1.32. The molecule has 1 nitrogen and oxygen atoms in total. The van der Waals surface area contributed by atoms with E-state index in [-0.39, 0.29) is 11.5 Å². The summed E-state index contributed by atoms with van der Waals surface area (Å²) >= 11 is 0. The summed E-state index contributed by atoms with van der Waals surface area (Å²) < 4.78 is 0. The molecule has 0 unspecified atom stereocenters. The highest BCUT2D eigenvalue weighted by molar-refractivity contribution is 6.83. The summed E-state index contributed by atoms with van der Waals surface area (Å²) in [5.74, 6) is 3.27. The second-order valence-electron chi connectivity index (χ2n) is 5.88. The summed E-state index contributed by atoms with van der Waals surface area (Å²) in [5.41, 5.74) is 3.09. The second kappa shape index (κ2) is 5.72. The Morgan fingerprint density at radius 1 is 1.27 bits per heavy atom. The van der Waals surface area contributed by atoms with Gasteiger partial charge >= 0.3 is 0 Å². The van der Waals surface area contributed by atoms with Crippen LogP contribution in [0.1, 0.15) is 40.0 Å². The predicted octanol–water partition coefficient (Wildman–Crippen LogP) is 3.44. The minimum absolute atomic E-state index is 0.255. The van der Waals surface area contributed by atoms with Gasteiger partial charge in [-0.1, -0.05) is 39.4 Å². The van der Waals surface area contributed by atoms with Crippen LogP contribution in [0.15, 0.2) is 0 Å². The van der Waals surface area contributed by atoms with E-state index in [9.17, 15) is 5.11 Å². The molecule has 0 rings (SSSR count). The van der Waals surface area contributed by atoms with Crippen molar-refractivity contribution in [3.8, 4) is 11.5 Å². The third-order valence-corrected chi connectivity index (χ3v) is 3.30. The molecule has 0 saturated heterocycles. The van der Waals surface area contributed by atoms with Gasteiger partial charge in [0.2, 0.25) is 0 Å². The first-order valence-electron chi connectivity index (χ1n) is 5.91. The molecule has 0 bridgehead atoms. The van der Waals surface area contributed by atoms with Crippen LogP contribution in [0, 0.1) is 16.9 Å².